The van der Waals surface area contributed by atoms with E-state index in [9.17, 15) is 5.26 Å². The van der Waals surface area contributed by atoms with Gasteiger partial charge >= 0.3 is 0 Å². The Kier molecular flexibility index (Phi) is 4.81. The van der Waals surface area contributed by atoms with E-state index < -0.39 is 0 Å². The van der Waals surface area contributed by atoms with Gasteiger partial charge < -0.3 is 15.4 Å². The van der Waals surface area contributed by atoms with Gasteiger partial charge in [0.15, 0.2) is 0 Å². The van der Waals surface area contributed by atoms with Crippen LogP contribution in [-0.2, 0) is 4.74 Å². The molecular formula is C14H18BrN3O. The molecule has 2 rings (SSSR count). The summed E-state index contributed by atoms with van der Waals surface area (Å²) in [6.07, 6.45) is 2.14. The minimum Gasteiger partial charge on any atom is -0.381 e. The molecule has 19 heavy (non-hydrogen) atoms. The maximum atomic E-state index is 9.25. The Bertz CT molecular complexity index is 486. The third kappa shape index (κ3) is 3.08. The molecule has 1 aromatic rings. The number of anilines is 1. The fourth-order valence-electron chi connectivity index (χ4n) is 2.61. The molecule has 0 radical (unpaired) electrons. The molecule has 2 N–H and O–H groups in total. The van der Waals surface area contributed by atoms with Crippen molar-refractivity contribution in [3.8, 4) is 6.07 Å². The zero-order chi connectivity index (χ0) is 13.8. The summed E-state index contributed by atoms with van der Waals surface area (Å²) in [5.74, 6) is 0. The highest BCUT2D eigenvalue weighted by Gasteiger charge is 2.29. The van der Waals surface area contributed by atoms with E-state index in [0.29, 0.717) is 12.1 Å². The summed E-state index contributed by atoms with van der Waals surface area (Å²) < 4.78 is 6.41. The molecule has 2 atom stereocenters. The molecule has 0 amide bonds. The SMILES string of the molecule is COC1CCN(c2cc(Br)ccc2C#N)C(CN)C1. The molecule has 1 aliphatic rings. The summed E-state index contributed by atoms with van der Waals surface area (Å²) in [5.41, 5.74) is 7.54. The van der Waals surface area contributed by atoms with Crippen molar-refractivity contribution in [2.24, 2.45) is 5.73 Å². The number of halogens is 1. The number of hydrogen-bond donors (Lipinski definition) is 1. The van der Waals surface area contributed by atoms with Crippen molar-refractivity contribution in [3.05, 3.63) is 28.2 Å². The number of nitriles is 1. The van der Waals surface area contributed by atoms with Crippen molar-refractivity contribution < 1.29 is 4.74 Å². The summed E-state index contributed by atoms with van der Waals surface area (Å²) in [5, 5.41) is 9.25. The molecule has 2 unspecified atom stereocenters. The van der Waals surface area contributed by atoms with E-state index in [1.54, 1.807) is 7.11 Å². The van der Waals surface area contributed by atoms with Crippen LogP contribution in [0.15, 0.2) is 22.7 Å². The normalized spacial score (nSPS) is 23.2. The topological polar surface area (TPSA) is 62.3 Å². The van der Waals surface area contributed by atoms with Gasteiger partial charge in [0.2, 0.25) is 0 Å². The quantitative estimate of drug-likeness (QED) is 0.926. The van der Waals surface area contributed by atoms with E-state index in [0.717, 1.165) is 29.5 Å². The van der Waals surface area contributed by atoms with Gasteiger partial charge in [-0.1, -0.05) is 15.9 Å². The number of rotatable bonds is 3. The maximum Gasteiger partial charge on any atom is 0.101 e. The first-order chi connectivity index (χ1) is 9.19. The molecule has 5 heteroatoms. The lowest BCUT2D eigenvalue weighted by Gasteiger charge is -2.40. The van der Waals surface area contributed by atoms with Crippen molar-refractivity contribution in [1.82, 2.24) is 0 Å². The average Bonchev–Trinajstić information content (AvgIpc) is 2.46. The molecule has 4 nitrogen and oxygen atoms in total. The second-order valence-electron chi connectivity index (χ2n) is 4.74. The summed E-state index contributed by atoms with van der Waals surface area (Å²) >= 11 is 3.47. The molecule has 1 heterocycles. The first-order valence-electron chi connectivity index (χ1n) is 6.38. The second kappa shape index (κ2) is 6.38. The summed E-state index contributed by atoms with van der Waals surface area (Å²) in [6.45, 7) is 1.43. The molecule has 0 bridgehead atoms. The fraction of sp³-hybridized carbons (Fsp3) is 0.500. The van der Waals surface area contributed by atoms with Gasteiger partial charge in [0.1, 0.15) is 6.07 Å². The average molecular weight is 324 g/mol. The van der Waals surface area contributed by atoms with Crippen molar-refractivity contribution in [2.45, 2.75) is 25.0 Å². The zero-order valence-electron chi connectivity index (χ0n) is 11.0. The van der Waals surface area contributed by atoms with Crippen LogP contribution in [0.1, 0.15) is 18.4 Å². The van der Waals surface area contributed by atoms with E-state index >= 15 is 0 Å². The minimum absolute atomic E-state index is 0.222. The van der Waals surface area contributed by atoms with Crippen LogP contribution < -0.4 is 10.6 Å². The van der Waals surface area contributed by atoms with Crippen molar-refractivity contribution >= 4 is 21.6 Å². The highest BCUT2D eigenvalue weighted by atomic mass is 79.9. The molecule has 1 saturated heterocycles. The monoisotopic (exact) mass is 323 g/mol. The molecular weight excluding hydrogens is 306 g/mol. The maximum absolute atomic E-state index is 9.25. The Balaban J connectivity index is 2.30. The Hall–Kier alpha value is -1.09. The van der Waals surface area contributed by atoms with Gasteiger partial charge in [-0.25, -0.2) is 0 Å². The number of methoxy groups -OCH3 is 1. The van der Waals surface area contributed by atoms with Crippen LogP contribution in [-0.4, -0.2) is 32.3 Å². The van der Waals surface area contributed by atoms with Gasteiger partial charge in [0.05, 0.1) is 17.4 Å². The predicted molar refractivity (Wildman–Crippen MR) is 79.1 cm³/mol. The molecule has 1 aliphatic heterocycles. The van der Waals surface area contributed by atoms with Crippen molar-refractivity contribution in [1.29, 1.82) is 5.26 Å². The van der Waals surface area contributed by atoms with Crippen LogP contribution in [0, 0.1) is 11.3 Å². The standard InChI is InChI=1S/C14H18BrN3O/c1-19-13-4-5-18(12(7-13)9-17)14-6-11(15)3-2-10(14)8-16/h2-3,6,12-13H,4-5,7,9,17H2,1H3. The van der Waals surface area contributed by atoms with Crippen LogP contribution in [0.5, 0.6) is 0 Å². The van der Waals surface area contributed by atoms with Crippen LogP contribution in [0.2, 0.25) is 0 Å². The fourth-order valence-corrected chi connectivity index (χ4v) is 2.95. The number of benzene rings is 1. The molecule has 0 saturated carbocycles. The van der Waals surface area contributed by atoms with Gasteiger partial charge in [0, 0.05) is 30.7 Å². The number of ether oxygens (including phenoxy) is 1. The first-order valence-corrected chi connectivity index (χ1v) is 7.18. The van der Waals surface area contributed by atoms with Crippen LogP contribution in [0.25, 0.3) is 0 Å². The molecule has 102 valence electrons. The van der Waals surface area contributed by atoms with Gasteiger partial charge in [-0.2, -0.15) is 5.26 Å². The Labute approximate surface area is 122 Å². The smallest absolute Gasteiger partial charge is 0.101 e. The largest absolute Gasteiger partial charge is 0.381 e. The Morgan fingerprint density at radius 2 is 2.37 bits per heavy atom. The molecule has 0 aliphatic carbocycles. The van der Waals surface area contributed by atoms with E-state index in [-0.39, 0.29) is 12.1 Å². The third-order valence-electron chi connectivity index (χ3n) is 3.66. The molecule has 1 fully saturated rings. The zero-order valence-corrected chi connectivity index (χ0v) is 12.6. The second-order valence-corrected chi connectivity index (χ2v) is 5.65. The summed E-state index contributed by atoms with van der Waals surface area (Å²) in [4.78, 5) is 2.23. The van der Waals surface area contributed by atoms with E-state index in [4.69, 9.17) is 10.5 Å². The van der Waals surface area contributed by atoms with E-state index in [1.807, 2.05) is 18.2 Å². The number of hydrogen-bond acceptors (Lipinski definition) is 4. The van der Waals surface area contributed by atoms with Gasteiger partial charge in [0.25, 0.3) is 0 Å². The van der Waals surface area contributed by atoms with Gasteiger partial charge in [-0.3, -0.25) is 0 Å². The lowest BCUT2D eigenvalue weighted by molar-refractivity contribution is 0.0709. The first kappa shape index (κ1) is 14.3. The van der Waals surface area contributed by atoms with Crippen LogP contribution in [0.3, 0.4) is 0 Å². The number of nitrogens with two attached hydrogens (primary N) is 1. The van der Waals surface area contributed by atoms with E-state index in [1.165, 1.54) is 0 Å². The van der Waals surface area contributed by atoms with Crippen LogP contribution in [0.4, 0.5) is 5.69 Å². The van der Waals surface area contributed by atoms with Crippen LogP contribution >= 0.6 is 15.9 Å². The van der Waals surface area contributed by atoms with Crippen molar-refractivity contribution in [2.75, 3.05) is 25.1 Å². The number of piperidine rings is 1. The minimum atomic E-state index is 0.222. The summed E-state index contributed by atoms with van der Waals surface area (Å²) in [6, 6.07) is 8.21. The van der Waals surface area contributed by atoms with E-state index in [2.05, 4.69) is 26.9 Å². The van der Waals surface area contributed by atoms with Gasteiger partial charge in [-0.05, 0) is 31.0 Å². The highest BCUT2D eigenvalue weighted by Crippen LogP contribution is 2.30. The lowest BCUT2D eigenvalue weighted by atomic mass is 9.97. The molecule has 0 spiro atoms. The third-order valence-corrected chi connectivity index (χ3v) is 4.16. The van der Waals surface area contributed by atoms with Crippen molar-refractivity contribution in [3.63, 3.8) is 0 Å². The summed E-state index contributed by atoms with van der Waals surface area (Å²) in [7, 11) is 1.74. The Morgan fingerprint density at radius 3 is 3.00 bits per heavy atom. The van der Waals surface area contributed by atoms with Gasteiger partial charge in [-0.15, -0.1) is 0 Å². The number of nitrogens with zero attached hydrogens (tertiary/aromatic N) is 2. The molecule has 0 aromatic heterocycles. The Morgan fingerprint density at radius 1 is 1.58 bits per heavy atom. The highest BCUT2D eigenvalue weighted by molar-refractivity contribution is 9.10. The molecule has 1 aromatic carbocycles. The lowest BCUT2D eigenvalue weighted by Crippen LogP contribution is -2.49. The predicted octanol–water partition coefficient (Wildman–Crippen LogP) is 2.26.